The van der Waals surface area contributed by atoms with E-state index in [0.29, 0.717) is 5.95 Å². The van der Waals surface area contributed by atoms with Crippen LogP contribution < -0.4 is 0 Å². The summed E-state index contributed by atoms with van der Waals surface area (Å²) in [4.78, 5) is 10.7. The third kappa shape index (κ3) is 3.65. The van der Waals surface area contributed by atoms with Crippen LogP contribution in [0.15, 0.2) is 152 Å². The summed E-state index contributed by atoms with van der Waals surface area (Å²) in [5.41, 5.74) is 7.58. The van der Waals surface area contributed by atoms with E-state index >= 15 is 0 Å². The van der Waals surface area contributed by atoms with E-state index in [1.807, 2.05) is 11.3 Å². The van der Waals surface area contributed by atoms with E-state index in [0.717, 1.165) is 33.2 Å². The molecule has 3 nitrogen and oxygen atoms in total. The average Bonchev–Trinajstić information content (AvgIpc) is 3.69. The van der Waals surface area contributed by atoms with Gasteiger partial charge in [-0.2, -0.15) is 0 Å². The lowest BCUT2D eigenvalue weighted by atomic mass is 9.99. The van der Waals surface area contributed by atoms with Crippen molar-refractivity contribution in [3.63, 3.8) is 0 Å². The largest absolute Gasteiger partial charge is 0.276 e. The van der Waals surface area contributed by atoms with Crippen LogP contribution in [0.1, 0.15) is 0 Å². The van der Waals surface area contributed by atoms with Crippen molar-refractivity contribution in [3.05, 3.63) is 152 Å². The topological polar surface area (TPSA) is 30.7 Å². The third-order valence-electron chi connectivity index (χ3n) is 9.21. The Labute approximate surface area is 268 Å². The molecule has 0 saturated heterocycles. The predicted octanol–water partition coefficient (Wildman–Crippen LogP) is 11.6. The number of nitrogens with zero attached hydrogens (tertiary/aromatic N) is 3. The molecule has 214 valence electrons. The van der Waals surface area contributed by atoms with Crippen LogP contribution in [0.2, 0.25) is 0 Å². The van der Waals surface area contributed by atoms with Gasteiger partial charge in [-0.25, -0.2) is 9.97 Å². The van der Waals surface area contributed by atoms with Crippen LogP contribution in [0.5, 0.6) is 0 Å². The summed E-state index contributed by atoms with van der Waals surface area (Å²) in [6, 6.07) is 53.9. The summed E-state index contributed by atoms with van der Waals surface area (Å²) < 4.78 is 4.85. The molecule has 0 spiro atoms. The van der Waals surface area contributed by atoms with Gasteiger partial charge in [-0.3, -0.25) is 4.57 Å². The number of thiophene rings is 1. The number of hydrogen-bond acceptors (Lipinski definition) is 3. The number of rotatable bonds is 3. The maximum Gasteiger partial charge on any atom is 0.235 e. The normalized spacial score (nSPS) is 11.9. The van der Waals surface area contributed by atoms with Crippen LogP contribution in [0.3, 0.4) is 0 Å². The fourth-order valence-electron chi connectivity index (χ4n) is 7.17. The standard InChI is InChI=1S/C42H25N3S/c1-2-12-26(13-3-1)27-22-24-28(25-23-27)39-31-16-6-9-19-34(31)43-42(44-39)45-35-20-10-7-17-32(35)37-29-14-4-5-15-30(29)38-33-18-8-11-21-36(33)46-41(38)40(37)45/h1-25H. The van der Waals surface area contributed by atoms with Crippen molar-refractivity contribution < 1.29 is 0 Å². The summed E-state index contributed by atoms with van der Waals surface area (Å²) in [6.45, 7) is 0. The highest BCUT2D eigenvalue weighted by atomic mass is 32.1. The lowest BCUT2D eigenvalue weighted by Gasteiger charge is -2.13. The molecular formula is C42H25N3S. The zero-order valence-electron chi connectivity index (χ0n) is 24.7. The molecule has 0 saturated carbocycles. The van der Waals surface area contributed by atoms with E-state index in [1.165, 1.54) is 52.8 Å². The SMILES string of the molecule is c1ccc(-c2ccc(-c3nc(-n4c5ccccc5c5c6ccccc6c6c7ccccc7sc6c54)nc4ccccc34)cc2)cc1. The van der Waals surface area contributed by atoms with Crippen LogP contribution in [0, 0.1) is 0 Å². The van der Waals surface area contributed by atoms with Crippen molar-refractivity contribution in [2.75, 3.05) is 0 Å². The fraction of sp³-hybridized carbons (Fsp3) is 0. The summed E-state index contributed by atoms with van der Waals surface area (Å²) in [7, 11) is 0. The minimum atomic E-state index is 0.682. The van der Waals surface area contributed by atoms with Gasteiger partial charge < -0.3 is 0 Å². The molecule has 0 aliphatic rings. The molecule has 7 aromatic carbocycles. The molecule has 4 heteroatoms. The van der Waals surface area contributed by atoms with Gasteiger partial charge in [0.2, 0.25) is 5.95 Å². The molecule has 0 N–H and O–H groups in total. The van der Waals surface area contributed by atoms with Crippen LogP contribution in [-0.4, -0.2) is 14.5 Å². The number of para-hydroxylation sites is 2. The van der Waals surface area contributed by atoms with Gasteiger partial charge in [-0.15, -0.1) is 11.3 Å². The molecule has 0 atom stereocenters. The molecule has 0 bridgehead atoms. The van der Waals surface area contributed by atoms with Crippen LogP contribution in [0.4, 0.5) is 0 Å². The Morgan fingerprint density at radius 1 is 0.435 bits per heavy atom. The molecule has 0 aliphatic carbocycles. The zero-order valence-corrected chi connectivity index (χ0v) is 25.5. The molecule has 0 aliphatic heterocycles. The number of fused-ring (bicyclic) bond motifs is 11. The second-order valence-corrected chi connectivity index (χ2v) is 12.8. The maximum absolute atomic E-state index is 5.41. The second-order valence-electron chi connectivity index (χ2n) is 11.8. The lowest BCUT2D eigenvalue weighted by Crippen LogP contribution is -2.03. The van der Waals surface area contributed by atoms with Crippen LogP contribution >= 0.6 is 11.3 Å². The third-order valence-corrected chi connectivity index (χ3v) is 10.4. The Morgan fingerprint density at radius 3 is 1.83 bits per heavy atom. The molecule has 46 heavy (non-hydrogen) atoms. The zero-order chi connectivity index (χ0) is 30.2. The molecule has 3 aromatic heterocycles. The lowest BCUT2D eigenvalue weighted by molar-refractivity contribution is 1.02. The van der Waals surface area contributed by atoms with E-state index in [4.69, 9.17) is 9.97 Å². The Bertz CT molecular complexity index is 2790. The summed E-state index contributed by atoms with van der Waals surface area (Å²) >= 11 is 1.86. The Morgan fingerprint density at radius 2 is 1.02 bits per heavy atom. The monoisotopic (exact) mass is 603 g/mol. The molecule has 0 radical (unpaired) electrons. The number of benzene rings is 7. The Hall–Kier alpha value is -5.84. The molecule has 10 aromatic rings. The van der Waals surface area contributed by atoms with Crippen molar-refractivity contribution in [1.82, 2.24) is 14.5 Å². The van der Waals surface area contributed by atoms with Gasteiger partial charge in [0.1, 0.15) is 0 Å². The van der Waals surface area contributed by atoms with E-state index in [1.54, 1.807) is 0 Å². The van der Waals surface area contributed by atoms with Crippen molar-refractivity contribution in [2.24, 2.45) is 0 Å². The first-order valence-electron chi connectivity index (χ1n) is 15.5. The first-order chi connectivity index (χ1) is 22.8. The smallest absolute Gasteiger partial charge is 0.235 e. The minimum absolute atomic E-state index is 0.682. The molecule has 0 amide bonds. The number of hydrogen-bond donors (Lipinski definition) is 0. The van der Waals surface area contributed by atoms with E-state index in [-0.39, 0.29) is 0 Å². The summed E-state index contributed by atoms with van der Waals surface area (Å²) in [5.74, 6) is 0.682. The van der Waals surface area contributed by atoms with E-state index in [9.17, 15) is 0 Å². The minimum Gasteiger partial charge on any atom is -0.276 e. The molecule has 0 unspecified atom stereocenters. The highest BCUT2D eigenvalue weighted by Crippen LogP contribution is 2.47. The summed E-state index contributed by atoms with van der Waals surface area (Å²) in [5, 5.41) is 8.61. The van der Waals surface area contributed by atoms with Gasteiger partial charge in [-0.05, 0) is 40.1 Å². The van der Waals surface area contributed by atoms with E-state index in [2.05, 4.69) is 156 Å². The Kier molecular flexibility index (Phi) is 5.45. The van der Waals surface area contributed by atoms with Crippen molar-refractivity contribution in [1.29, 1.82) is 0 Å². The van der Waals surface area contributed by atoms with Crippen molar-refractivity contribution in [3.8, 4) is 28.3 Å². The molecular weight excluding hydrogens is 579 g/mol. The maximum atomic E-state index is 5.41. The van der Waals surface area contributed by atoms with Crippen molar-refractivity contribution in [2.45, 2.75) is 0 Å². The first kappa shape index (κ1) is 25.5. The second kappa shape index (κ2) is 9.83. The fourth-order valence-corrected chi connectivity index (χ4v) is 8.43. The quantitative estimate of drug-likeness (QED) is 0.201. The van der Waals surface area contributed by atoms with Crippen LogP contribution in [0.25, 0.3) is 92.0 Å². The average molecular weight is 604 g/mol. The Balaban J connectivity index is 1.33. The van der Waals surface area contributed by atoms with Gasteiger partial charge in [-0.1, -0.05) is 133 Å². The molecule has 3 heterocycles. The first-order valence-corrected chi connectivity index (χ1v) is 16.3. The van der Waals surface area contributed by atoms with Crippen LogP contribution in [-0.2, 0) is 0 Å². The van der Waals surface area contributed by atoms with Gasteiger partial charge in [0, 0.05) is 37.2 Å². The van der Waals surface area contributed by atoms with Gasteiger partial charge in [0.05, 0.1) is 26.9 Å². The van der Waals surface area contributed by atoms with Gasteiger partial charge >= 0.3 is 0 Å². The summed E-state index contributed by atoms with van der Waals surface area (Å²) in [6.07, 6.45) is 0. The molecule has 0 fully saturated rings. The highest BCUT2D eigenvalue weighted by molar-refractivity contribution is 7.27. The number of aromatic nitrogens is 3. The predicted molar refractivity (Wildman–Crippen MR) is 195 cm³/mol. The van der Waals surface area contributed by atoms with Crippen molar-refractivity contribution >= 4 is 75.0 Å². The van der Waals surface area contributed by atoms with E-state index < -0.39 is 0 Å². The van der Waals surface area contributed by atoms with Gasteiger partial charge in [0.15, 0.2) is 0 Å². The highest BCUT2D eigenvalue weighted by Gasteiger charge is 2.23. The van der Waals surface area contributed by atoms with Gasteiger partial charge in [0.25, 0.3) is 0 Å². The molecule has 10 rings (SSSR count).